The van der Waals surface area contributed by atoms with Crippen LogP contribution in [-0.2, 0) is 35.1 Å². The van der Waals surface area contributed by atoms with E-state index < -0.39 is 58.8 Å². The normalized spacial score (nSPS) is 24.5. The van der Waals surface area contributed by atoms with Crippen LogP contribution in [0.3, 0.4) is 0 Å². The molecule has 2 saturated heterocycles. The lowest BCUT2D eigenvalue weighted by Crippen LogP contribution is -2.71. The van der Waals surface area contributed by atoms with Crippen LogP contribution in [0, 0.1) is 5.92 Å². The second-order valence-electron chi connectivity index (χ2n) is 9.41. The number of amides is 2. The summed E-state index contributed by atoms with van der Waals surface area (Å²) in [5.74, 6) is -1.23. The van der Waals surface area contributed by atoms with Crippen molar-refractivity contribution in [1.82, 2.24) is 10.2 Å². The number of fused-ring (bicyclic) bond motifs is 2. The molecule has 1 unspecified atom stereocenters. The average molecular weight is 508 g/mol. The molecule has 35 heavy (non-hydrogen) atoms. The van der Waals surface area contributed by atoms with Gasteiger partial charge in [0.1, 0.15) is 17.5 Å². The first-order chi connectivity index (χ1) is 16.5. The number of β-lactam (4-membered cyclic amide) rings is 1. The van der Waals surface area contributed by atoms with Crippen molar-refractivity contribution in [1.29, 1.82) is 0 Å². The number of nitrogens with one attached hydrogen (secondary N) is 1. The number of hydrogen-bond acceptors (Lipinski definition) is 10. The highest BCUT2D eigenvalue weighted by Gasteiger charge is 2.64. The molecule has 0 aliphatic carbocycles. The third-order valence-electron chi connectivity index (χ3n) is 6.09. The van der Waals surface area contributed by atoms with Crippen molar-refractivity contribution in [3.63, 3.8) is 0 Å². The second-order valence-corrected chi connectivity index (χ2v) is 11.2. The summed E-state index contributed by atoms with van der Waals surface area (Å²) in [4.78, 5) is 51.4. The fraction of sp³-hybridized carbons (Fsp3) is 0.565. The molecule has 3 N–H and O–H groups in total. The molecule has 1 aromatic carbocycles. The lowest BCUT2D eigenvalue weighted by atomic mass is 9.95. The van der Waals surface area contributed by atoms with Crippen molar-refractivity contribution >= 4 is 35.5 Å². The van der Waals surface area contributed by atoms with E-state index >= 15 is 0 Å². The summed E-state index contributed by atoms with van der Waals surface area (Å²) in [5.41, 5.74) is 6.86. The molecule has 0 radical (unpaired) electrons. The van der Waals surface area contributed by atoms with Gasteiger partial charge in [-0.15, -0.1) is 11.8 Å². The fourth-order valence-electron chi connectivity index (χ4n) is 4.26. The van der Waals surface area contributed by atoms with Crippen LogP contribution < -0.4 is 20.5 Å². The Bertz CT molecular complexity index is 1050. The molecule has 4 atom stereocenters. The topological polar surface area (TPSA) is 146 Å². The van der Waals surface area contributed by atoms with E-state index in [9.17, 15) is 19.2 Å². The molecule has 3 heterocycles. The molecule has 3 aliphatic heterocycles. The summed E-state index contributed by atoms with van der Waals surface area (Å²) >= 11 is 1.39. The van der Waals surface area contributed by atoms with Gasteiger partial charge in [0, 0.05) is 16.7 Å². The monoisotopic (exact) mass is 507 g/mol. The maximum absolute atomic E-state index is 12.9. The zero-order valence-corrected chi connectivity index (χ0v) is 20.8. The Morgan fingerprint density at radius 2 is 2.00 bits per heavy atom. The Balaban J connectivity index is 1.35. The van der Waals surface area contributed by atoms with Crippen LogP contribution in [0.1, 0.15) is 33.3 Å². The second kappa shape index (κ2) is 9.57. The quantitative estimate of drug-likeness (QED) is 0.290. The Labute approximate surface area is 206 Å². The zero-order chi connectivity index (χ0) is 25.5. The van der Waals surface area contributed by atoms with Gasteiger partial charge in [-0.1, -0.05) is 26.0 Å². The van der Waals surface area contributed by atoms with E-state index in [1.807, 2.05) is 13.8 Å². The van der Waals surface area contributed by atoms with Gasteiger partial charge >= 0.3 is 11.9 Å². The molecule has 12 heteroatoms. The predicted molar refractivity (Wildman–Crippen MR) is 124 cm³/mol. The predicted octanol–water partition coefficient (Wildman–Crippen LogP) is 0.532. The van der Waals surface area contributed by atoms with Gasteiger partial charge in [0.15, 0.2) is 11.5 Å². The zero-order valence-electron chi connectivity index (χ0n) is 19.9. The number of carbonyl (C=O) groups is 4. The standard InChI is InChI=1S/C23H29N3O8S/c1-11(2)21(29)33-10-34-22(30)17-23(3,4)35-20-15(19(28)26(17)20)25-18(27)13(24)8-12-6-5-7-14-16(12)32-9-31-14/h5-7,11,13,15,17,20H,8-10,24H2,1-4H3,(H,25,27)/t13?,15-,17+,20-/m1/s1. The van der Waals surface area contributed by atoms with Gasteiger partial charge in [-0.2, -0.15) is 0 Å². The largest absolute Gasteiger partial charge is 0.454 e. The lowest BCUT2D eigenvalue weighted by molar-refractivity contribution is -0.178. The van der Waals surface area contributed by atoms with Crippen molar-refractivity contribution in [2.24, 2.45) is 11.7 Å². The van der Waals surface area contributed by atoms with E-state index in [0.717, 1.165) is 5.56 Å². The highest BCUT2D eigenvalue weighted by molar-refractivity contribution is 8.01. The number of carbonyl (C=O) groups excluding carboxylic acids is 4. The molecule has 2 amide bonds. The van der Waals surface area contributed by atoms with Crippen molar-refractivity contribution in [2.45, 2.75) is 62.4 Å². The number of nitrogens with zero attached hydrogens (tertiary/aromatic N) is 1. The number of ether oxygens (including phenoxy) is 4. The SMILES string of the molecule is CC(C)C(=O)OCOC(=O)[C@@H]1N2C(=O)[C@@H](NC(=O)C(N)Cc3cccc4c3OCO4)[C@H]2SC1(C)C. The van der Waals surface area contributed by atoms with Crippen molar-refractivity contribution < 1.29 is 38.1 Å². The first kappa shape index (κ1) is 25.1. The number of nitrogens with two attached hydrogens (primary N) is 1. The fourth-order valence-corrected chi connectivity index (χ4v) is 5.88. The number of hydrogen-bond donors (Lipinski definition) is 2. The Kier molecular flexibility index (Phi) is 6.87. The lowest BCUT2D eigenvalue weighted by Gasteiger charge is -2.44. The Morgan fingerprint density at radius 1 is 1.26 bits per heavy atom. The van der Waals surface area contributed by atoms with Gasteiger partial charge in [0.05, 0.1) is 12.0 Å². The molecule has 11 nitrogen and oxygen atoms in total. The summed E-state index contributed by atoms with van der Waals surface area (Å²) in [7, 11) is 0. The van der Waals surface area contributed by atoms with Gasteiger partial charge < -0.3 is 34.9 Å². The molecule has 0 spiro atoms. The van der Waals surface area contributed by atoms with Gasteiger partial charge in [-0.3, -0.25) is 14.4 Å². The van der Waals surface area contributed by atoms with Crippen LogP contribution in [0.4, 0.5) is 0 Å². The molecule has 2 fully saturated rings. The number of benzene rings is 1. The molecule has 190 valence electrons. The minimum absolute atomic E-state index is 0.110. The van der Waals surface area contributed by atoms with Crippen LogP contribution in [0.2, 0.25) is 0 Å². The van der Waals surface area contributed by atoms with E-state index in [2.05, 4.69) is 5.32 Å². The van der Waals surface area contributed by atoms with Gasteiger partial charge in [-0.25, -0.2) is 4.79 Å². The van der Waals surface area contributed by atoms with Crippen LogP contribution >= 0.6 is 11.8 Å². The van der Waals surface area contributed by atoms with E-state index in [0.29, 0.717) is 11.5 Å². The van der Waals surface area contributed by atoms with Crippen molar-refractivity contribution in [3.05, 3.63) is 23.8 Å². The molecule has 1 aromatic rings. The molecule has 0 aromatic heterocycles. The molecule has 0 bridgehead atoms. The minimum atomic E-state index is -0.914. The molecular formula is C23H29N3O8S. The third-order valence-corrected chi connectivity index (χ3v) is 7.66. The number of para-hydroxylation sites is 1. The summed E-state index contributed by atoms with van der Waals surface area (Å²) in [5, 5.41) is 2.28. The molecule has 0 saturated carbocycles. The van der Waals surface area contributed by atoms with Crippen LogP contribution in [0.25, 0.3) is 0 Å². The van der Waals surface area contributed by atoms with Gasteiger partial charge in [-0.05, 0) is 19.9 Å². The van der Waals surface area contributed by atoms with Crippen LogP contribution in [0.5, 0.6) is 11.5 Å². The van der Waals surface area contributed by atoms with Gasteiger partial charge in [0.25, 0.3) is 0 Å². The molecule has 4 rings (SSSR count). The van der Waals surface area contributed by atoms with Crippen molar-refractivity contribution in [3.8, 4) is 11.5 Å². The summed E-state index contributed by atoms with van der Waals surface area (Å²) in [6.45, 7) is 6.56. The van der Waals surface area contributed by atoms with E-state index in [4.69, 9.17) is 24.7 Å². The molecule has 3 aliphatic rings. The van der Waals surface area contributed by atoms with E-state index in [1.165, 1.54) is 16.7 Å². The first-order valence-corrected chi connectivity index (χ1v) is 12.2. The minimum Gasteiger partial charge on any atom is -0.454 e. The Morgan fingerprint density at radius 3 is 2.71 bits per heavy atom. The first-order valence-electron chi connectivity index (χ1n) is 11.3. The number of rotatable bonds is 8. The summed E-state index contributed by atoms with van der Waals surface area (Å²) in [6.07, 6.45) is 0.205. The van der Waals surface area contributed by atoms with Crippen LogP contribution in [-0.4, -0.2) is 70.5 Å². The Hall–Kier alpha value is -2.99. The van der Waals surface area contributed by atoms with Crippen LogP contribution in [0.15, 0.2) is 18.2 Å². The van der Waals surface area contributed by atoms with Crippen molar-refractivity contribution in [2.75, 3.05) is 13.6 Å². The maximum atomic E-state index is 12.9. The summed E-state index contributed by atoms with van der Waals surface area (Å²) < 4.78 is 20.2. The average Bonchev–Trinajstić information content (AvgIpc) is 3.38. The highest BCUT2D eigenvalue weighted by atomic mass is 32.2. The van der Waals surface area contributed by atoms with E-state index in [-0.39, 0.29) is 19.1 Å². The molecular weight excluding hydrogens is 478 g/mol. The maximum Gasteiger partial charge on any atom is 0.333 e. The van der Waals surface area contributed by atoms with Gasteiger partial charge in [0.2, 0.25) is 25.4 Å². The number of esters is 2. The smallest absolute Gasteiger partial charge is 0.333 e. The summed E-state index contributed by atoms with van der Waals surface area (Å²) in [6, 6.07) is 2.77. The van der Waals surface area contributed by atoms with E-state index in [1.54, 1.807) is 32.0 Å². The third kappa shape index (κ3) is 4.76. The number of thioether (sulfide) groups is 1. The highest BCUT2D eigenvalue weighted by Crippen LogP contribution is 2.51.